The molecule has 0 saturated carbocycles. The van der Waals surface area contributed by atoms with Crippen molar-refractivity contribution in [2.45, 2.75) is 16.2 Å². The third kappa shape index (κ3) is 3.66. The fourth-order valence-corrected chi connectivity index (χ4v) is 3.50. The highest BCUT2D eigenvalue weighted by Gasteiger charge is 2.34. The van der Waals surface area contributed by atoms with Gasteiger partial charge >= 0.3 is 0 Å². The standard InChI is InChI=1S/C14H10N2O9S2/c17-13-6-10(14(18)8-3-4-25-7-8)15-16(13)11-5-9(26(19,20)21)1-2-12(11)27(22,23)24/h1-5,7H,6H2,(H,19,20,21)(H,22,23,24). The number of hydrazone groups is 1. The molecular formula is C14H10N2O9S2. The number of ketones is 1. The van der Waals surface area contributed by atoms with Gasteiger partial charge in [-0.3, -0.25) is 18.7 Å². The summed E-state index contributed by atoms with van der Waals surface area (Å²) in [4.78, 5) is 22.9. The number of rotatable bonds is 5. The molecule has 142 valence electrons. The Bertz CT molecular complexity index is 1180. The number of carbonyl (C=O) groups excluding carboxylic acids is 2. The maximum absolute atomic E-state index is 12.3. The van der Waals surface area contributed by atoms with Gasteiger partial charge < -0.3 is 4.42 Å². The van der Waals surface area contributed by atoms with E-state index in [1.54, 1.807) is 0 Å². The molecule has 2 aromatic rings. The van der Waals surface area contributed by atoms with E-state index in [9.17, 15) is 31.0 Å². The zero-order chi connectivity index (χ0) is 20.0. The molecule has 0 atom stereocenters. The van der Waals surface area contributed by atoms with Crippen LogP contribution in [0.15, 0.2) is 56.1 Å². The van der Waals surface area contributed by atoms with Crippen molar-refractivity contribution in [1.29, 1.82) is 0 Å². The number of carbonyl (C=O) groups is 2. The van der Waals surface area contributed by atoms with Crippen molar-refractivity contribution in [3.8, 4) is 0 Å². The van der Waals surface area contributed by atoms with Gasteiger partial charge in [0.1, 0.15) is 16.9 Å². The van der Waals surface area contributed by atoms with Crippen molar-refractivity contribution < 1.29 is 39.9 Å². The van der Waals surface area contributed by atoms with Gasteiger partial charge in [-0.2, -0.15) is 26.9 Å². The Labute approximate surface area is 152 Å². The molecule has 0 aliphatic carbocycles. The Morgan fingerprint density at radius 2 is 1.81 bits per heavy atom. The predicted octanol–water partition coefficient (Wildman–Crippen LogP) is 0.749. The molecular weight excluding hydrogens is 404 g/mol. The highest BCUT2D eigenvalue weighted by Crippen LogP contribution is 2.31. The van der Waals surface area contributed by atoms with Gasteiger partial charge in [0, 0.05) is 0 Å². The van der Waals surface area contributed by atoms with E-state index in [1.807, 2.05) is 0 Å². The molecule has 1 aromatic carbocycles. The minimum atomic E-state index is -4.88. The van der Waals surface area contributed by atoms with Gasteiger partial charge in [-0.15, -0.1) is 0 Å². The minimum Gasteiger partial charge on any atom is -0.472 e. The lowest BCUT2D eigenvalue weighted by molar-refractivity contribution is -0.116. The van der Waals surface area contributed by atoms with Crippen LogP contribution >= 0.6 is 0 Å². The fourth-order valence-electron chi connectivity index (χ4n) is 2.35. The van der Waals surface area contributed by atoms with E-state index in [0.29, 0.717) is 17.1 Å². The second-order valence-corrected chi connectivity index (χ2v) is 8.16. The number of nitrogens with zero attached hydrogens (tertiary/aromatic N) is 2. The third-order valence-electron chi connectivity index (χ3n) is 3.56. The molecule has 11 nitrogen and oxygen atoms in total. The molecule has 0 radical (unpaired) electrons. The molecule has 2 heterocycles. The lowest BCUT2D eigenvalue weighted by atomic mass is 10.1. The molecule has 13 heteroatoms. The smallest absolute Gasteiger partial charge is 0.296 e. The average molecular weight is 414 g/mol. The lowest BCUT2D eigenvalue weighted by Crippen LogP contribution is -2.22. The summed E-state index contributed by atoms with van der Waals surface area (Å²) in [6.45, 7) is 0. The number of anilines is 1. The maximum Gasteiger partial charge on any atom is 0.296 e. The van der Waals surface area contributed by atoms with E-state index in [2.05, 4.69) is 5.10 Å². The molecule has 1 aromatic heterocycles. The Morgan fingerprint density at radius 3 is 2.37 bits per heavy atom. The zero-order valence-corrected chi connectivity index (χ0v) is 14.8. The molecule has 2 N–H and O–H groups in total. The van der Waals surface area contributed by atoms with E-state index < -0.39 is 53.8 Å². The molecule has 0 spiro atoms. The SMILES string of the molecule is O=C(C1=NN(c2cc(S(=O)(=O)O)ccc2S(=O)(=O)O)C(=O)C1)c1ccoc1. The van der Waals surface area contributed by atoms with Gasteiger partial charge in [-0.25, -0.2) is 0 Å². The highest BCUT2D eigenvalue weighted by atomic mass is 32.2. The summed E-state index contributed by atoms with van der Waals surface area (Å²) in [6, 6.07) is 3.39. The van der Waals surface area contributed by atoms with Crippen LogP contribution in [0.25, 0.3) is 0 Å². The number of hydrogen-bond acceptors (Lipinski definition) is 8. The maximum atomic E-state index is 12.3. The Morgan fingerprint density at radius 1 is 1.11 bits per heavy atom. The summed E-state index contributed by atoms with van der Waals surface area (Å²) < 4.78 is 69.0. The Hall–Kier alpha value is -2.87. The van der Waals surface area contributed by atoms with Gasteiger partial charge in [-0.1, -0.05) is 0 Å². The van der Waals surface area contributed by atoms with Crippen LogP contribution in [0.3, 0.4) is 0 Å². The van der Waals surface area contributed by atoms with Crippen molar-refractivity contribution in [3.05, 3.63) is 42.4 Å². The lowest BCUT2D eigenvalue weighted by Gasteiger charge is -2.15. The quantitative estimate of drug-likeness (QED) is 0.529. The average Bonchev–Trinajstić information content (AvgIpc) is 3.21. The normalized spacial score (nSPS) is 15.1. The first-order valence-corrected chi connectivity index (χ1v) is 9.93. The predicted molar refractivity (Wildman–Crippen MR) is 88.6 cm³/mol. The van der Waals surface area contributed by atoms with Crippen LogP contribution in [0.5, 0.6) is 0 Å². The molecule has 1 amide bonds. The number of amides is 1. The van der Waals surface area contributed by atoms with E-state index in [4.69, 9.17) is 8.97 Å². The largest absolute Gasteiger partial charge is 0.472 e. The molecule has 27 heavy (non-hydrogen) atoms. The van der Waals surface area contributed by atoms with Gasteiger partial charge in [-0.05, 0) is 24.3 Å². The van der Waals surface area contributed by atoms with Crippen molar-refractivity contribution in [3.63, 3.8) is 0 Å². The summed E-state index contributed by atoms with van der Waals surface area (Å²) in [7, 11) is -9.62. The monoisotopic (exact) mass is 414 g/mol. The van der Waals surface area contributed by atoms with Crippen LogP contribution < -0.4 is 5.01 Å². The molecule has 0 unspecified atom stereocenters. The molecule has 0 saturated heterocycles. The van der Waals surface area contributed by atoms with E-state index in [0.717, 1.165) is 12.3 Å². The highest BCUT2D eigenvalue weighted by molar-refractivity contribution is 7.86. The topological polar surface area (TPSA) is 172 Å². The van der Waals surface area contributed by atoms with Crippen LogP contribution in [-0.4, -0.2) is 43.3 Å². The first kappa shape index (κ1) is 18.9. The molecule has 0 fully saturated rings. The Balaban J connectivity index is 2.14. The minimum absolute atomic E-state index is 0.102. The fraction of sp³-hybridized carbons (Fsp3) is 0.0714. The van der Waals surface area contributed by atoms with Crippen LogP contribution in [0.4, 0.5) is 5.69 Å². The molecule has 3 rings (SSSR count). The van der Waals surface area contributed by atoms with Crippen LogP contribution in [0, 0.1) is 0 Å². The molecule has 0 bridgehead atoms. The van der Waals surface area contributed by atoms with E-state index in [1.165, 1.54) is 12.3 Å². The summed E-state index contributed by atoms with van der Waals surface area (Å²) in [5, 5.41) is 4.23. The summed E-state index contributed by atoms with van der Waals surface area (Å²) in [5.74, 6) is -1.50. The van der Waals surface area contributed by atoms with Gasteiger partial charge in [0.05, 0.1) is 28.8 Å². The van der Waals surface area contributed by atoms with Crippen molar-refractivity contribution >= 4 is 43.3 Å². The molecule has 1 aliphatic rings. The number of hydrogen-bond donors (Lipinski definition) is 2. The van der Waals surface area contributed by atoms with Crippen LogP contribution in [0.2, 0.25) is 0 Å². The summed E-state index contributed by atoms with van der Waals surface area (Å²) in [6.07, 6.45) is 1.86. The second-order valence-electron chi connectivity index (χ2n) is 5.35. The first-order chi connectivity index (χ1) is 12.5. The van der Waals surface area contributed by atoms with Gasteiger partial charge in [0.15, 0.2) is 0 Å². The number of benzene rings is 1. The number of furan rings is 1. The zero-order valence-electron chi connectivity index (χ0n) is 13.1. The first-order valence-electron chi connectivity index (χ1n) is 7.05. The summed E-state index contributed by atoms with van der Waals surface area (Å²) >= 11 is 0. The van der Waals surface area contributed by atoms with E-state index >= 15 is 0 Å². The van der Waals surface area contributed by atoms with Crippen LogP contribution in [-0.2, 0) is 25.0 Å². The Kier molecular flexibility index (Phi) is 4.47. The van der Waals surface area contributed by atoms with Crippen LogP contribution in [0.1, 0.15) is 16.8 Å². The van der Waals surface area contributed by atoms with Gasteiger partial charge in [0.2, 0.25) is 5.78 Å². The molecule has 1 aliphatic heterocycles. The van der Waals surface area contributed by atoms with E-state index in [-0.39, 0.29) is 11.3 Å². The third-order valence-corrected chi connectivity index (χ3v) is 5.31. The number of Topliss-reactive ketones (excluding diaryl/α,β-unsaturated/α-hetero) is 1. The van der Waals surface area contributed by atoms with Crippen molar-refractivity contribution in [1.82, 2.24) is 0 Å². The van der Waals surface area contributed by atoms with Crippen molar-refractivity contribution in [2.24, 2.45) is 5.10 Å². The summed E-state index contributed by atoms with van der Waals surface area (Å²) in [5.41, 5.74) is -0.780. The second kappa shape index (κ2) is 6.38. The van der Waals surface area contributed by atoms with Gasteiger partial charge in [0.25, 0.3) is 26.1 Å². The van der Waals surface area contributed by atoms with Crippen molar-refractivity contribution in [2.75, 3.05) is 5.01 Å².